The third kappa shape index (κ3) is 5.83. The number of carbonyl (C=O) groups is 3. The highest BCUT2D eigenvalue weighted by Gasteiger charge is 2.35. The summed E-state index contributed by atoms with van der Waals surface area (Å²) in [5.41, 5.74) is 1.38. The lowest BCUT2D eigenvalue weighted by atomic mass is 9.98. The van der Waals surface area contributed by atoms with Gasteiger partial charge in [-0.1, -0.05) is 41.6 Å². The Bertz CT molecular complexity index is 767. The zero-order chi connectivity index (χ0) is 20.7. The number of piperidine rings is 1. The van der Waals surface area contributed by atoms with Crippen LogP contribution in [0.25, 0.3) is 0 Å². The molecule has 2 unspecified atom stereocenters. The Balaban J connectivity index is 2.35. The lowest BCUT2D eigenvalue weighted by molar-refractivity contribution is -0.147. The Morgan fingerprint density at radius 2 is 2.07 bits per heavy atom. The van der Waals surface area contributed by atoms with Gasteiger partial charge in [-0.3, -0.25) is 9.69 Å². The zero-order valence-electron chi connectivity index (χ0n) is 16.1. The average Bonchev–Trinajstić information content (AvgIpc) is 2.65. The first kappa shape index (κ1) is 22.5. The van der Waals surface area contributed by atoms with Crippen molar-refractivity contribution in [1.29, 1.82) is 0 Å². The van der Waals surface area contributed by atoms with Crippen molar-refractivity contribution >= 4 is 40.4 Å². The minimum Gasteiger partial charge on any atom is -0.468 e. The smallest absolute Gasteiger partial charge is 0.330 e. The van der Waals surface area contributed by atoms with E-state index in [0.29, 0.717) is 30.1 Å². The first-order valence-electron chi connectivity index (χ1n) is 8.98. The van der Waals surface area contributed by atoms with Crippen molar-refractivity contribution < 1.29 is 23.9 Å². The molecule has 8 heteroatoms. The van der Waals surface area contributed by atoms with Gasteiger partial charge in [-0.2, -0.15) is 0 Å². The van der Waals surface area contributed by atoms with Crippen molar-refractivity contribution in [2.24, 2.45) is 0 Å². The summed E-state index contributed by atoms with van der Waals surface area (Å²) in [6, 6.07) is 6.41. The molecule has 1 aromatic carbocycles. The van der Waals surface area contributed by atoms with E-state index in [2.05, 4.69) is 0 Å². The maximum absolute atomic E-state index is 12.6. The van der Waals surface area contributed by atoms with Crippen LogP contribution in [0.1, 0.15) is 31.9 Å². The molecule has 0 aromatic heterocycles. The first-order chi connectivity index (χ1) is 13.4. The van der Waals surface area contributed by atoms with E-state index in [0.717, 1.165) is 5.57 Å². The van der Waals surface area contributed by atoms with Gasteiger partial charge in [0.05, 0.1) is 13.7 Å². The number of halogens is 1. The molecule has 1 saturated heterocycles. The molecule has 1 aliphatic heterocycles. The minimum absolute atomic E-state index is 0.0242. The molecule has 2 rings (SSSR count). The van der Waals surface area contributed by atoms with E-state index in [9.17, 15) is 14.4 Å². The summed E-state index contributed by atoms with van der Waals surface area (Å²) in [7, 11) is 1.33. The Morgan fingerprint density at radius 1 is 1.36 bits per heavy atom. The van der Waals surface area contributed by atoms with Gasteiger partial charge in [0.25, 0.3) is 0 Å². The van der Waals surface area contributed by atoms with Crippen LogP contribution in [0.3, 0.4) is 0 Å². The number of nitrogens with zero attached hydrogens (tertiary/aromatic N) is 1. The molecule has 1 aromatic rings. The van der Waals surface area contributed by atoms with Crippen LogP contribution in [-0.4, -0.2) is 54.0 Å². The van der Waals surface area contributed by atoms with Gasteiger partial charge in [0.15, 0.2) is 5.12 Å². The standard InChI is InChI=1S/C20H24ClNO5S/c1-4-27-18(24)11-14-12-22(10-9-17(14)28-13(2)23)19(20(25)26-3)15-7-5-6-8-16(15)21/h5-8,11,17,19H,4,9-10,12H2,1-3H3/b14-11-. The average molecular weight is 426 g/mol. The second kappa shape index (κ2) is 10.6. The molecule has 0 radical (unpaired) electrons. The van der Waals surface area contributed by atoms with Crippen LogP contribution >= 0.6 is 23.4 Å². The highest BCUT2D eigenvalue weighted by Crippen LogP contribution is 2.35. The molecule has 0 spiro atoms. The fraction of sp³-hybridized carbons (Fsp3) is 0.450. The summed E-state index contributed by atoms with van der Waals surface area (Å²) in [5, 5.41) is 0.306. The van der Waals surface area contributed by atoms with Crippen molar-refractivity contribution in [3.63, 3.8) is 0 Å². The fourth-order valence-electron chi connectivity index (χ4n) is 3.19. The molecule has 1 fully saturated rings. The predicted octanol–water partition coefficient (Wildman–Crippen LogP) is 3.40. The topological polar surface area (TPSA) is 72.9 Å². The van der Waals surface area contributed by atoms with E-state index in [1.54, 1.807) is 25.1 Å². The Labute approximate surface area is 174 Å². The molecule has 0 saturated carbocycles. The molecule has 1 heterocycles. The van der Waals surface area contributed by atoms with Crippen molar-refractivity contribution in [3.8, 4) is 0 Å². The summed E-state index contributed by atoms with van der Waals surface area (Å²) in [5.74, 6) is -0.887. The predicted molar refractivity (Wildman–Crippen MR) is 109 cm³/mol. The number of likely N-dealkylation sites (tertiary alicyclic amines) is 1. The molecular weight excluding hydrogens is 402 g/mol. The van der Waals surface area contributed by atoms with Crippen LogP contribution in [-0.2, 0) is 23.9 Å². The number of methoxy groups -OCH3 is 1. The summed E-state index contributed by atoms with van der Waals surface area (Å²) in [6.45, 7) is 4.38. The molecule has 0 amide bonds. The van der Waals surface area contributed by atoms with E-state index in [1.165, 1.54) is 31.9 Å². The van der Waals surface area contributed by atoms with E-state index in [4.69, 9.17) is 21.1 Å². The van der Waals surface area contributed by atoms with E-state index >= 15 is 0 Å². The number of rotatable bonds is 6. The minimum atomic E-state index is -0.701. The number of esters is 2. The molecule has 2 atom stereocenters. The lowest BCUT2D eigenvalue weighted by Gasteiger charge is -2.37. The summed E-state index contributed by atoms with van der Waals surface area (Å²) in [4.78, 5) is 38.1. The largest absolute Gasteiger partial charge is 0.468 e. The van der Waals surface area contributed by atoms with Gasteiger partial charge >= 0.3 is 11.9 Å². The van der Waals surface area contributed by atoms with Crippen LogP contribution in [0.2, 0.25) is 5.02 Å². The third-order valence-electron chi connectivity index (χ3n) is 4.37. The summed E-state index contributed by atoms with van der Waals surface area (Å²) < 4.78 is 10.0. The molecule has 0 bridgehead atoms. The molecule has 1 aliphatic rings. The van der Waals surface area contributed by atoms with E-state index in [1.807, 2.05) is 11.0 Å². The van der Waals surface area contributed by atoms with Gasteiger partial charge in [-0.15, -0.1) is 0 Å². The highest BCUT2D eigenvalue weighted by molar-refractivity contribution is 8.14. The van der Waals surface area contributed by atoms with Crippen LogP contribution < -0.4 is 0 Å². The van der Waals surface area contributed by atoms with Crippen molar-refractivity contribution in [3.05, 3.63) is 46.5 Å². The van der Waals surface area contributed by atoms with Crippen molar-refractivity contribution in [2.75, 3.05) is 26.8 Å². The number of carbonyl (C=O) groups excluding carboxylic acids is 3. The molecule has 6 nitrogen and oxygen atoms in total. The highest BCUT2D eigenvalue weighted by atomic mass is 35.5. The van der Waals surface area contributed by atoms with Gasteiger partial charge in [-0.05, 0) is 30.5 Å². The third-order valence-corrected chi connectivity index (χ3v) is 5.86. The number of hydrogen-bond acceptors (Lipinski definition) is 7. The molecule has 152 valence electrons. The van der Waals surface area contributed by atoms with Gasteiger partial charge in [0.1, 0.15) is 6.04 Å². The second-order valence-electron chi connectivity index (χ2n) is 6.28. The fourth-order valence-corrected chi connectivity index (χ4v) is 4.35. The van der Waals surface area contributed by atoms with Crippen LogP contribution in [0.5, 0.6) is 0 Å². The zero-order valence-corrected chi connectivity index (χ0v) is 17.7. The maximum Gasteiger partial charge on any atom is 0.330 e. The lowest BCUT2D eigenvalue weighted by Crippen LogP contribution is -2.43. The summed E-state index contributed by atoms with van der Waals surface area (Å²) in [6.07, 6.45) is 2.03. The SMILES string of the molecule is CCOC(=O)/C=C1/CN(C(C(=O)OC)c2ccccc2Cl)CCC1SC(C)=O. The Morgan fingerprint density at radius 3 is 2.68 bits per heavy atom. The number of ether oxygens (including phenoxy) is 2. The van der Waals surface area contributed by atoms with E-state index in [-0.39, 0.29) is 17.0 Å². The maximum atomic E-state index is 12.6. The normalized spacial score (nSPS) is 19.9. The van der Waals surface area contributed by atoms with E-state index < -0.39 is 18.0 Å². The first-order valence-corrected chi connectivity index (χ1v) is 10.2. The van der Waals surface area contributed by atoms with Crippen molar-refractivity contribution in [2.45, 2.75) is 31.6 Å². The molecule has 28 heavy (non-hydrogen) atoms. The van der Waals surface area contributed by atoms with Gasteiger partial charge in [-0.25, -0.2) is 9.59 Å². The molecule has 0 aliphatic carbocycles. The van der Waals surface area contributed by atoms with Gasteiger partial charge in [0.2, 0.25) is 0 Å². The van der Waals surface area contributed by atoms with Crippen LogP contribution in [0.15, 0.2) is 35.9 Å². The Hall–Kier alpha value is -1.83. The van der Waals surface area contributed by atoms with Crippen LogP contribution in [0.4, 0.5) is 0 Å². The number of benzene rings is 1. The number of hydrogen-bond donors (Lipinski definition) is 0. The summed E-state index contributed by atoms with van der Waals surface area (Å²) >= 11 is 7.51. The quantitative estimate of drug-likeness (QED) is 0.510. The van der Waals surface area contributed by atoms with Crippen molar-refractivity contribution in [1.82, 2.24) is 4.90 Å². The monoisotopic (exact) mass is 425 g/mol. The number of thioether (sulfide) groups is 1. The Kier molecular flexibility index (Phi) is 8.54. The second-order valence-corrected chi connectivity index (χ2v) is 8.06. The van der Waals surface area contributed by atoms with Crippen LogP contribution in [0, 0.1) is 0 Å². The van der Waals surface area contributed by atoms with Gasteiger partial charge < -0.3 is 9.47 Å². The molecule has 0 N–H and O–H groups in total. The van der Waals surface area contributed by atoms with Gasteiger partial charge in [0, 0.05) is 36.4 Å². The molecular formula is C20H24ClNO5S.